The number of thiazole rings is 1. The van der Waals surface area contributed by atoms with Gasteiger partial charge in [-0.2, -0.15) is 4.31 Å². The van der Waals surface area contributed by atoms with Crippen molar-refractivity contribution < 1.29 is 22.0 Å². The van der Waals surface area contributed by atoms with Gasteiger partial charge in [-0.3, -0.25) is 5.32 Å². The van der Waals surface area contributed by atoms with Crippen LogP contribution in [-0.4, -0.2) is 36.3 Å². The number of carbonyl (C=O) groups is 1. The Hall–Kier alpha value is -2.11. The quantitative estimate of drug-likeness (QED) is 0.802. The Balaban J connectivity index is 1.79. The number of hydrogen-bond donors (Lipinski definition) is 2. The number of nitrogens with one attached hydrogen (secondary N) is 2. The minimum Gasteiger partial charge on any atom is -0.336 e. The third kappa shape index (κ3) is 4.42. The van der Waals surface area contributed by atoms with Crippen LogP contribution in [0, 0.1) is 11.6 Å². The van der Waals surface area contributed by atoms with Crippen LogP contribution in [0.25, 0.3) is 0 Å². The molecular weight excluding hydrogens is 398 g/mol. The van der Waals surface area contributed by atoms with Crippen molar-refractivity contribution in [3.8, 4) is 0 Å². The summed E-state index contributed by atoms with van der Waals surface area (Å²) in [6, 6.07) is 1.78. The lowest BCUT2D eigenvalue weighted by Crippen LogP contribution is -2.35. The van der Waals surface area contributed by atoms with Gasteiger partial charge in [0.1, 0.15) is 11.6 Å². The number of benzene rings is 1. The lowest BCUT2D eigenvalue weighted by molar-refractivity contribution is 0.250. The van der Waals surface area contributed by atoms with E-state index in [1.807, 2.05) is 13.8 Å². The van der Waals surface area contributed by atoms with Gasteiger partial charge < -0.3 is 5.32 Å². The number of halogens is 2. The topological polar surface area (TPSA) is 91.4 Å². The van der Waals surface area contributed by atoms with Gasteiger partial charge in [0.2, 0.25) is 10.0 Å². The fraction of sp³-hybridized carbons (Fsp3) is 0.375. The van der Waals surface area contributed by atoms with E-state index in [1.165, 1.54) is 11.3 Å². The number of amides is 2. The van der Waals surface area contributed by atoms with E-state index in [2.05, 4.69) is 15.6 Å². The lowest BCUT2D eigenvalue weighted by Gasteiger charge is -2.25. The first kappa shape index (κ1) is 19.6. The van der Waals surface area contributed by atoms with Gasteiger partial charge >= 0.3 is 6.03 Å². The molecule has 0 saturated heterocycles. The number of hydrogen-bond acceptors (Lipinski definition) is 5. The standard InChI is InChI=1S/C16H18F2N4O3S2/c1-9(2)19-15(23)21-16-20-13-3-4-22(8-14(13)26-16)27(24,25)12-6-10(17)5-11(18)7-12/h5-7,9H,3-4,8H2,1-2H3,(H2,19,20,21,23). The molecule has 0 atom stereocenters. The van der Waals surface area contributed by atoms with Crippen LogP contribution in [0.1, 0.15) is 24.4 Å². The minimum atomic E-state index is -4.05. The second-order valence-corrected chi connectivity index (χ2v) is 9.36. The van der Waals surface area contributed by atoms with Gasteiger partial charge in [-0.05, 0) is 26.0 Å². The van der Waals surface area contributed by atoms with E-state index < -0.39 is 32.6 Å². The van der Waals surface area contributed by atoms with Crippen LogP contribution >= 0.6 is 11.3 Å². The molecule has 3 rings (SSSR count). The summed E-state index contributed by atoms with van der Waals surface area (Å²) in [6.07, 6.45) is 0.344. The highest BCUT2D eigenvalue weighted by atomic mass is 32.2. The molecule has 0 aliphatic carbocycles. The molecule has 2 amide bonds. The van der Waals surface area contributed by atoms with Crippen molar-refractivity contribution in [3.05, 3.63) is 40.4 Å². The SMILES string of the molecule is CC(C)NC(=O)Nc1nc2c(s1)CN(S(=O)(=O)c1cc(F)cc(F)c1)CC2. The van der Waals surface area contributed by atoms with Crippen LogP contribution in [0.2, 0.25) is 0 Å². The first-order valence-electron chi connectivity index (χ1n) is 8.17. The molecule has 0 bridgehead atoms. The average Bonchev–Trinajstić information content (AvgIpc) is 2.94. The number of rotatable bonds is 4. The molecule has 27 heavy (non-hydrogen) atoms. The van der Waals surface area contributed by atoms with Crippen LogP contribution in [0.3, 0.4) is 0 Å². The summed E-state index contributed by atoms with van der Waals surface area (Å²) in [4.78, 5) is 16.3. The second kappa shape index (κ2) is 7.49. The van der Waals surface area contributed by atoms with Crippen LogP contribution in [0.5, 0.6) is 0 Å². The molecule has 7 nitrogen and oxygen atoms in total. The molecule has 1 aromatic carbocycles. The minimum absolute atomic E-state index is 0.0287. The Labute approximate surface area is 159 Å². The predicted molar refractivity (Wildman–Crippen MR) is 97.1 cm³/mol. The van der Waals surface area contributed by atoms with E-state index in [0.29, 0.717) is 28.2 Å². The maximum absolute atomic E-state index is 13.4. The normalized spacial score (nSPS) is 14.9. The highest BCUT2D eigenvalue weighted by Crippen LogP contribution is 2.31. The number of urea groups is 1. The van der Waals surface area contributed by atoms with Gasteiger partial charge in [0, 0.05) is 30.0 Å². The Morgan fingerprint density at radius 2 is 1.93 bits per heavy atom. The zero-order valence-corrected chi connectivity index (χ0v) is 16.3. The second-order valence-electron chi connectivity index (χ2n) is 6.34. The summed E-state index contributed by atoms with van der Waals surface area (Å²) in [5.41, 5.74) is 0.705. The predicted octanol–water partition coefficient (Wildman–Crippen LogP) is 2.70. The van der Waals surface area contributed by atoms with Crippen LogP contribution in [0.15, 0.2) is 23.1 Å². The Kier molecular flexibility index (Phi) is 5.45. The summed E-state index contributed by atoms with van der Waals surface area (Å²) in [7, 11) is -4.05. The highest BCUT2D eigenvalue weighted by Gasteiger charge is 2.31. The number of nitrogens with zero attached hydrogens (tertiary/aromatic N) is 2. The first-order valence-corrected chi connectivity index (χ1v) is 10.4. The fourth-order valence-electron chi connectivity index (χ4n) is 2.65. The smallest absolute Gasteiger partial charge is 0.321 e. The average molecular weight is 416 g/mol. The molecule has 1 aliphatic heterocycles. The first-order chi connectivity index (χ1) is 12.6. The zero-order chi connectivity index (χ0) is 19.8. The van der Waals surface area contributed by atoms with Crippen LogP contribution < -0.4 is 10.6 Å². The Morgan fingerprint density at radius 3 is 2.56 bits per heavy atom. The number of sulfonamides is 1. The summed E-state index contributed by atoms with van der Waals surface area (Å²) >= 11 is 1.17. The molecule has 2 N–H and O–H groups in total. The number of fused-ring (bicyclic) bond motifs is 1. The van der Waals surface area contributed by atoms with Gasteiger partial charge in [0.25, 0.3) is 0 Å². The summed E-state index contributed by atoms with van der Waals surface area (Å²) in [5.74, 6) is -1.90. The third-order valence-corrected chi connectivity index (χ3v) is 6.63. The number of aromatic nitrogens is 1. The van der Waals surface area contributed by atoms with E-state index in [-0.39, 0.29) is 19.1 Å². The summed E-state index contributed by atoms with van der Waals surface area (Å²) in [5, 5.41) is 5.67. The molecule has 1 aliphatic rings. The lowest BCUT2D eigenvalue weighted by atomic mass is 10.2. The van der Waals surface area contributed by atoms with E-state index in [4.69, 9.17) is 0 Å². The van der Waals surface area contributed by atoms with E-state index >= 15 is 0 Å². The fourth-order valence-corrected chi connectivity index (χ4v) is 5.21. The van der Waals surface area contributed by atoms with Gasteiger partial charge in [0.15, 0.2) is 5.13 Å². The van der Waals surface area contributed by atoms with Gasteiger partial charge in [-0.15, -0.1) is 0 Å². The maximum atomic E-state index is 13.4. The molecule has 2 heterocycles. The van der Waals surface area contributed by atoms with Crippen molar-refractivity contribution in [1.82, 2.24) is 14.6 Å². The largest absolute Gasteiger partial charge is 0.336 e. The monoisotopic (exact) mass is 416 g/mol. The zero-order valence-electron chi connectivity index (χ0n) is 14.6. The van der Waals surface area contributed by atoms with Crippen molar-refractivity contribution in [2.24, 2.45) is 0 Å². The maximum Gasteiger partial charge on any atom is 0.321 e. The van der Waals surface area contributed by atoms with E-state index in [1.54, 1.807) is 0 Å². The van der Waals surface area contributed by atoms with Gasteiger partial charge in [0.05, 0.1) is 17.1 Å². The van der Waals surface area contributed by atoms with E-state index in [0.717, 1.165) is 16.4 Å². The highest BCUT2D eigenvalue weighted by molar-refractivity contribution is 7.89. The molecule has 0 radical (unpaired) electrons. The van der Waals surface area contributed by atoms with Crippen molar-refractivity contribution in [3.63, 3.8) is 0 Å². The summed E-state index contributed by atoms with van der Waals surface area (Å²) < 4.78 is 53.4. The van der Waals surface area contributed by atoms with Crippen molar-refractivity contribution in [2.45, 2.75) is 37.8 Å². The molecule has 11 heteroatoms. The molecule has 0 unspecified atom stereocenters. The van der Waals surface area contributed by atoms with Crippen LogP contribution in [0.4, 0.5) is 18.7 Å². The van der Waals surface area contributed by atoms with Gasteiger partial charge in [-0.1, -0.05) is 11.3 Å². The number of carbonyl (C=O) groups excluding carboxylic acids is 1. The third-order valence-electron chi connectivity index (χ3n) is 3.81. The molecule has 0 spiro atoms. The van der Waals surface area contributed by atoms with Crippen LogP contribution in [-0.2, 0) is 23.0 Å². The molecule has 0 fully saturated rings. The van der Waals surface area contributed by atoms with E-state index in [9.17, 15) is 22.0 Å². The molecule has 0 saturated carbocycles. The Morgan fingerprint density at radius 1 is 1.26 bits per heavy atom. The van der Waals surface area contributed by atoms with Crippen molar-refractivity contribution >= 4 is 32.5 Å². The summed E-state index contributed by atoms with van der Waals surface area (Å²) in [6.45, 7) is 3.81. The molecule has 2 aromatic rings. The van der Waals surface area contributed by atoms with Gasteiger partial charge in [-0.25, -0.2) is 27.0 Å². The molecule has 1 aromatic heterocycles. The Bertz CT molecular complexity index is 956. The molecule has 146 valence electrons. The number of anilines is 1. The van der Waals surface area contributed by atoms with Crippen molar-refractivity contribution in [2.75, 3.05) is 11.9 Å². The molecular formula is C16H18F2N4O3S2. The van der Waals surface area contributed by atoms with Crippen molar-refractivity contribution in [1.29, 1.82) is 0 Å².